The Bertz CT molecular complexity index is 611. The quantitative estimate of drug-likeness (QED) is 0.740. The fourth-order valence-electron chi connectivity index (χ4n) is 2.32. The van der Waals surface area contributed by atoms with Gasteiger partial charge >= 0.3 is 0 Å². The van der Waals surface area contributed by atoms with Crippen LogP contribution in [0.2, 0.25) is 0 Å². The summed E-state index contributed by atoms with van der Waals surface area (Å²) in [6, 6.07) is 12.6. The summed E-state index contributed by atoms with van der Waals surface area (Å²) in [7, 11) is 0. The van der Waals surface area contributed by atoms with Gasteiger partial charge < -0.3 is 9.47 Å². The molecule has 2 aromatic rings. The number of hydrogen-bond acceptors (Lipinski definition) is 2. The van der Waals surface area contributed by atoms with Crippen molar-refractivity contribution in [3.8, 4) is 0 Å². The van der Waals surface area contributed by atoms with Crippen molar-refractivity contribution >= 4 is 33.4 Å². The second-order valence-electron chi connectivity index (χ2n) is 4.26. The normalized spacial score (nSPS) is 16.6. The molecule has 1 aliphatic heterocycles. The van der Waals surface area contributed by atoms with Gasteiger partial charge in [-0.2, -0.15) is 0 Å². The maximum absolute atomic E-state index is 5.70. The molecule has 3 heteroatoms. The van der Waals surface area contributed by atoms with Crippen LogP contribution in [0, 0.1) is 3.57 Å². The Kier molecular flexibility index (Phi) is 2.93. The van der Waals surface area contributed by atoms with Crippen molar-refractivity contribution in [2.45, 2.75) is 19.1 Å². The molecule has 1 heterocycles. The van der Waals surface area contributed by atoms with Gasteiger partial charge in [0.2, 0.25) is 0 Å². The number of ether oxygens (including phenoxy) is 2. The van der Waals surface area contributed by atoms with Crippen LogP contribution in [0.15, 0.2) is 48.9 Å². The molecule has 0 bridgehead atoms. The molecule has 0 aliphatic carbocycles. The van der Waals surface area contributed by atoms with E-state index in [0.717, 1.165) is 12.0 Å². The van der Waals surface area contributed by atoms with Crippen LogP contribution in [-0.2, 0) is 15.3 Å². The molecule has 0 atom stereocenters. The van der Waals surface area contributed by atoms with E-state index in [1.165, 1.54) is 14.3 Å². The Morgan fingerprint density at radius 2 is 1.78 bits per heavy atom. The lowest BCUT2D eigenvalue weighted by atomic mass is 9.99. The monoisotopic (exact) mass is 352 g/mol. The third kappa shape index (κ3) is 1.68. The van der Waals surface area contributed by atoms with Crippen LogP contribution in [-0.4, -0.2) is 0 Å². The van der Waals surface area contributed by atoms with E-state index < -0.39 is 5.79 Å². The average Bonchev–Trinajstić information content (AvgIpc) is 2.89. The summed E-state index contributed by atoms with van der Waals surface area (Å²) in [6.45, 7) is 2.07. The van der Waals surface area contributed by atoms with Crippen molar-refractivity contribution in [1.29, 1.82) is 0 Å². The predicted octanol–water partition coefficient (Wildman–Crippen LogP) is 4.53. The largest absolute Gasteiger partial charge is 0.453 e. The first-order valence-corrected chi connectivity index (χ1v) is 7.03. The number of halogens is 1. The van der Waals surface area contributed by atoms with Gasteiger partial charge in [0, 0.05) is 15.6 Å². The van der Waals surface area contributed by atoms with Crippen LogP contribution < -0.4 is 0 Å². The maximum atomic E-state index is 5.70. The van der Waals surface area contributed by atoms with E-state index >= 15 is 0 Å². The van der Waals surface area contributed by atoms with E-state index in [0.29, 0.717) is 0 Å². The van der Waals surface area contributed by atoms with Crippen molar-refractivity contribution in [2.24, 2.45) is 0 Å². The molecule has 92 valence electrons. The van der Waals surface area contributed by atoms with E-state index in [1.54, 1.807) is 12.5 Å². The van der Waals surface area contributed by atoms with Gasteiger partial charge in [-0.1, -0.05) is 37.3 Å². The molecule has 0 N–H and O–H groups in total. The molecule has 0 saturated carbocycles. The number of benzene rings is 2. The topological polar surface area (TPSA) is 18.5 Å². The minimum absolute atomic E-state index is 0.652. The van der Waals surface area contributed by atoms with Gasteiger partial charge in [-0.05, 0) is 39.4 Å². The molecule has 2 nitrogen and oxygen atoms in total. The highest BCUT2D eigenvalue weighted by atomic mass is 127. The molecule has 0 unspecified atom stereocenters. The third-order valence-electron chi connectivity index (χ3n) is 3.31. The molecular formula is C15H13IO2. The van der Waals surface area contributed by atoms with Gasteiger partial charge in [0.1, 0.15) is 12.5 Å². The standard InChI is InChI=1S/C15H13IO2/c1-2-15(17-9-10-18-15)13-8-7-11-5-3-4-6-12(11)14(13)16/h3-10H,2H2,1H3. The van der Waals surface area contributed by atoms with Crippen molar-refractivity contribution in [1.82, 2.24) is 0 Å². The molecule has 18 heavy (non-hydrogen) atoms. The zero-order valence-electron chi connectivity index (χ0n) is 10.0. The van der Waals surface area contributed by atoms with Crippen LogP contribution in [0.5, 0.6) is 0 Å². The van der Waals surface area contributed by atoms with Crippen LogP contribution in [0.1, 0.15) is 18.9 Å². The zero-order chi connectivity index (χ0) is 12.6. The van der Waals surface area contributed by atoms with Crippen molar-refractivity contribution in [2.75, 3.05) is 0 Å². The molecule has 0 spiro atoms. The minimum atomic E-state index is -0.652. The summed E-state index contributed by atoms with van der Waals surface area (Å²) in [6.07, 6.45) is 4.01. The molecule has 0 fully saturated rings. The highest BCUT2D eigenvalue weighted by Gasteiger charge is 2.38. The molecule has 1 aliphatic rings. The van der Waals surface area contributed by atoms with E-state index in [-0.39, 0.29) is 0 Å². The zero-order valence-corrected chi connectivity index (χ0v) is 12.2. The van der Waals surface area contributed by atoms with Gasteiger partial charge in [-0.25, -0.2) is 0 Å². The number of hydrogen-bond donors (Lipinski definition) is 0. The maximum Gasteiger partial charge on any atom is 0.277 e. The smallest absolute Gasteiger partial charge is 0.277 e. The Labute approximate surface area is 120 Å². The first-order valence-electron chi connectivity index (χ1n) is 5.95. The van der Waals surface area contributed by atoms with Crippen LogP contribution in [0.4, 0.5) is 0 Å². The summed E-state index contributed by atoms with van der Waals surface area (Å²) in [5.74, 6) is -0.652. The van der Waals surface area contributed by atoms with Gasteiger partial charge in [0.05, 0.1) is 0 Å². The summed E-state index contributed by atoms with van der Waals surface area (Å²) < 4.78 is 12.6. The minimum Gasteiger partial charge on any atom is -0.453 e. The SMILES string of the molecule is CCC1(c2ccc3ccccc3c2I)OC=CO1. The van der Waals surface area contributed by atoms with Crippen LogP contribution in [0.3, 0.4) is 0 Å². The summed E-state index contributed by atoms with van der Waals surface area (Å²) >= 11 is 2.37. The van der Waals surface area contributed by atoms with E-state index in [2.05, 4.69) is 65.9 Å². The first kappa shape index (κ1) is 11.8. The fraction of sp³-hybridized carbons (Fsp3) is 0.200. The lowest BCUT2D eigenvalue weighted by Gasteiger charge is -2.28. The molecule has 3 rings (SSSR count). The van der Waals surface area contributed by atoms with E-state index in [1.807, 2.05) is 0 Å². The molecule has 0 saturated heterocycles. The second kappa shape index (κ2) is 4.46. The average molecular weight is 352 g/mol. The number of fused-ring (bicyclic) bond motifs is 1. The Morgan fingerprint density at radius 1 is 1.06 bits per heavy atom. The second-order valence-corrected chi connectivity index (χ2v) is 5.34. The van der Waals surface area contributed by atoms with Gasteiger partial charge in [0.15, 0.2) is 0 Å². The first-order chi connectivity index (χ1) is 8.77. The molecule has 0 amide bonds. The lowest BCUT2D eigenvalue weighted by Crippen LogP contribution is -2.27. The predicted molar refractivity (Wildman–Crippen MR) is 79.9 cm³/mol. The summed E-state index contributed by atoms with van der Waals surface area (Å²) in [4.78, 5) is 0. The van der Waals surface area contributed by atoms with Crippen LogP contribution in [0.25, 0.3) is 10.8 Å². The highest BCUT2D eigenvalue weighted by Crippen LogP contribution is 2.39. The van der Waals surface area contributed by atoms with Gasteiger partial charge in [0.25, 0.3) is 5.79 Å². The summed E-state index contributed by atoms with van der Waals surface area (Å²) in [5, 5.41) is 2.48. The fourth-order valence-corrected chi connectivity index (χ4v) is 3.40. The molecule has 0 radical (unpaired) electrons. The van der Waals surface area contributed by atoms with Crippen molar-refractivity contribution in [3.63, 3.8) is 0 Å². The van der Waals surface area contributed by atoms with E-state index in [4.69, 9.17) is 9.47 Å². The third-order valence-corrected chi connectivity index (χ3v) is 4.47. The number of rotatable bonds is 2. The van der Waals surface area contributed by atoms with Crippen molar-refractivity contribution < 1.29 is 9.47 Å². The van der Waals surface area contributed by atoms with Crippen molar-refractivity contribution in [3.05, 3.63) is 58.1 Å². The van der Waals surface area contributed by atoms with Gasteiger partial charge in [-0.15, -0.1) is 0 Å². The Hall–Kier alpha value is -1.23. The molecular weight excluding hydrogens is 339 g/mol. The summed E-state index contributed by atoms with van der Waals surface area (Å²) in [5.41, 5.74) is 1.09. The highest BCUT2D eigenvalue weighted by molar-refractivity contribution is 14.1. The van der Waals surface area contributed by atoms with E-state index in [9.17, 15) is 0 Å². The Balaban J connectivity index is 2.21. The van der Waals surface area contributed by atoms with Gasteiger partial charge in [-0.3, -0.25) is 0 Å². The Morgan fingerprint density at radius 3 is 2.50 bits per heavy atom. The van der Waals surface area contributed by atoms with Crippen LogP contribution >= 0.6 is 22.6 Å². The molecule has 2 aromatic carbocycles. The lowest BCUT2D eigenvalue weighted by molar-refractivity contribution is -0.152. The molecule has 0 aromatic heterocycles.